The summed E-state index contributed by atoms with van der Waals surface area (Å²) >= 11 is 0. The van der Waals surface area contributed by atoms with Crippen molar-refractivity contribution in [2.45, 2.75) is 220 Å². The summed E-state index contributed by atoms with van der Waals surface area (Å²) in [6.45, 7) is 9.48. The van der Waals surface area contributed by atoms with E-state index in [4.69, 9.17) is 0 Å². The van der Waals surface area contributed by atoms with Crippen LogP contribution in [0.15, 0.2) is 12.4 Å². The van der Waals surface area contributed by atoms with E-state index in [1.807, 2.05) is 0 Å². The molecule has 1 rings (SSSR count). The highest BCUT2D eigenvalue weighted by atomic mass is 15.4. The molecule has 0 bridgehead atoms. The Morgan fingerprint density at radius 2 is 0.575 bits per heavy atom. The van der Waals surface area contributed by atoms with E-state index in [1.54, 1.807) is 0 Å². The van der Waals surface area contributed by atoms with Crippen LogP contribution in [0, 0.1) is 0 Å². The zero-order valence-corrected chi connectivity index (χ0v) is 28.3. The van der Waals surface area contributed by atoms with E-state index in [-0.39, 0.29) is 0 Å². The molecular formula is C38H76N2. The molecule has 0 aromatic carbocycles. The molecule has 0 aromatic rings. The minimum absolute atomic E-state index is 0.641. The molecular weight excluding hydrogens is 484 g/mol. The molecule has 0 N–H and O–H groups in total. The predicted molar refractivity (Wildman–Crippen MR) is 182 cm³/mol. The van der Waals surface area contributed by atoms with Crippen molar-refractivity contribution in [3.05, 3.63) is 12.4 Å². The van der Waals surface area contributed by atoms with Crippen molar-refractivity contribution in [3.63, 3.8) is 0 Å². The second-order valence-corrected chi connectivity index (χ2v) is 13.2. The van der Waals surface area contributed by atoms with Crippen molar-refractivity contribution in [1.82, 2.24) is 9.80 Å². The fourth-order valence-electron chi connectivity index (χ4n) is 6.54. The van der Waals surface area contributed by atoms with Crippen LogP contribution in [0.25, 0.3) is 0 Å². The van der Waals surface area contributed by atoms with Gasteiger partial charge in [-0.2, -0.15) is 0 Å². The first-order valence-corrected chi connectivity index (χ1v) is 19.0. The van der Waals surface area contributed by atoms with Gasteiger partial charge in [-0.05, 0) is 25.7 Å². The maximum atomic E-state index is 2.71. The number of rotatable bonds is 32. The van der Waals surface area contributed by atoms with E-state index in [1.165, 1.54) is 206 Å². The molecule has 1 heterocycles. The summed E-state index contributed by atoms with van der Waals surface area (Å²) in [6, 6.07) is 0. The third kappa shape index (κ3) is 22.0. The molecule has 1 aliphatic heterocycles. The van der Waals surface area contributed by atoms with Gasteiger partial charge in [0.05, 0.1) is 0 Å². The summed E-state index contributed by atoms with van der Waals surface area (Å²) in [5, 5.41) is 0. The molecule has 0 fully saturated rings. The Kier molecular flexibility index (Phi) is 27.9. The van der Waals surface area contributed by atoms with Crippen LogP contribution in [0.2, 0.25) is 0 Å². The zero-order chi connectivity index (χ0) is 28.8. The smallest absolute Gasteiger partial charge is 0.101 e. The molecule has 1 atom stereocenters. The Bertz CT molecular complexity index is 516. The zero-order valence-electron chi connectivity index (χ0n) is 28.3. The number of unbranched alkanes of at least 4 members (excludes halogenated alkanes) is 26. The van der Waals surface area contributed by atoms with Crippen LogP contribution < -0.4 is 0 Å². The average Bonchev–Trinajstić information content (AvgIpc) is 3.35. The van der Waals surface area contributed by atoms with Crippen LogP contribution in [0.1, 0.15) is 213 Å². The second kappa shape index (κ2) is 29.8. The molecule has 0 aromatic heterocycles. The predicted octanol–water partition coefficient (Wildman–Crippen LogP) is 13.2. The lowest BCUT2D eigenvalue weighted by Gasteiger charge is -2.33. The summed E-state index contributed by atoms with van der Waals surface area (Å²) in [5.41, 5.74) is 0. The minimum atomic E-state index is 0.641. The second-order valence-electron chi connectivity index (χ2n) is 13.2. The van der Waals surface area contributed by atoms with Crippen LogP contribution in [-0.4, -0.2) is 29.1 Å². The number of hydrogen-bond donors (Lipinski definition) is 0. The lowest BCUT2D eigenvalue weighted by Crippen LogP contribution is -2.39. The van der Waals surface area contributed by atoms with Crippen molar-refractivity contribution in [3.8, 4) is 0 Å². The Morgan fingerprint density at radius 1 is 0.325 bits per heavy atom. The maximum Gasteiger partial charge on any atom is 0.101 e. The largest absolute Gasteiger partial charge is 0.356 e. The first-order valence-electron chi connectivity index (χ1n) is 19.0. The van der Waals surface area contributed by atoms with Gasteiger partial charge in [-0.15, -0.1) is 0 Å². The fraction of sp³-hybridized carbons (Fsp3) is 0.947. The monoisotopic (exact) mass is 561 g/mol. The van der Waals surface area contributed by atoms with Crippen LogP contribution in [0.3, 0.4) is 0 Å². The van der Waals surface area contributed by atoms with Gasteiger partial charge in [-0.3, -0.25) is 0 Å². The van der Waals surface area contributed by atoms with Crippen LogP contribution in [-0.2, 0) is 0 Å². The first-order chi connectivity index (χ1) is 19.8. The van der Waals surface area contributed by atoms with Gasteiger partial charge in [0, 0.05) is 25.5 Å². The molecule has 0 amide bonds. The van der Waals surface area contributed by atoms with Gasteiger partial charge in [0.25, 0.3) is 0 Å². The van der Waals surface area contributed by atoms with Crippen molar-refractivity contribution in [1.29, 1.82) is 0 Å². The summed E-state index contributed by atoms with van der Waals surface area (Å²) < 4.78 is 0. The summed E-state index contributed by atoms with van der Waals surface area (Å²) in [5.74, 6) is 0. The highest BCUT2D eigenvalue weighted by Gasteiger charge is 2.24. The van der Waals surface area contributed by atoms with E-state index >= 15 is 0 Å². The van der Waals surface area contributed by atoms with Gasteiger partial charge in [-0.1, -0.05) is 188 Å². The van der Waals surface area contributed by atoms with Gasteiger partial charge in [0.15, 0.2) is 0 Å². The highest BCUT2D eigenvalue weighted by molar-refractivity contribution is 4.97. The van der Waals surface area contributed by atoms with E-state index in [2.05, 4.69) is 43.0 Å². The highest BCUT2D eigenvalue weighted by Crippen LogP contribution is 2.24. The maximum absolute atomic E-state index is 2.71. The lowest BCUT2D eigenvalue weighted by molar-refractivity contribution is 0.135. The average molecular weight is 561 g/mol. The molecule has 1 aliphatic rings. The third-order valence-electron chi connectivity index (χ3n) is 9.32. The topological polar surface area (TPSA) is 6.48 Å². The van der Waals surface area contributed by atoms with Crippen molar-refractivity contribution in [2.75, 3.05) is 13.1 Å². The Morgan fingerprint density at radius 3 is 0.875 bits per heavy atom. The lowest BCUT2D eigenvalue weighted by atomic mass is 10.0. The Balaban J connectivity index is 2.22. The van der Waals surface area contributed by atoms with Crippen LogP contribution in [0.5, 0.6) is 0 Å². The standard InChI is InChI=1S/C38H76N2/c1-4-7-10-13-16-18-20-21-23-26-29-32-35-40-37-36-39(34-31-28-25-15-12-9-6-3)38(40)33-30-27-24-22-19-17-14-11-8-5-2/h36-38H,4-35H2,1-3H3. The van der Waals surface area contributed by atoms with Gasteiger partial charge >= 0.3 is 0 Å². The Labute approximate surface area is 254 Å². The molecule has 0 aliphatic carbocycles. The molecule has 2 nitrogen and oxygen atoms in total. The molecule has 40 heavy (non-hydrogen) atoms. The van der Waals surface area contributed by atoms with E-state index < -0.39 is 0 Å². The molecule has 238 valence electrons. The molecule has 2 heteroatoms. The molecule has 1 unspecified atom stereocenters. The van der Waals surface area contributed by atoms with Gasteiger partial charge in [-0.25, -0.2) is 0 Å². The summed E-state index contributed by atoms with van der Waals surface area (Å²) in [6.07, 6.45) is 48.4. The van der Waals surface area contributed by atoms with E-state index in [0.717, 1.165) is 0 Å². The van der Waals surface area contributed by atoms with Gasteiger partial charge in [0.2, 0.25) is 0 Å². The third-order valence-corrected chi connectivity index (χ3v) is 9.32. The first kappa shape index (κ1) is 37.4. The van der Waals surface area contributed by atoms with Gasteiger partial charge in [0.1, 0.15) is 6.17 Å². The molecule has 0 saturated carbocycles. The molecule has 0 spiro atoms. The normalized spacial score (nSPS) is 15.1. The summed E-state index contributed by atoms with van der Waals surface area (Å²) in [4.78, 5) is 5.42. The van der Waals surface area contributed by atoms with Crippen LogP contribution >= 0.6 is 0 Å². The van der Waals surface area contributed by atoms with Crippen molar-refractivity contribution in [2.24, 2.45) is 0 Å². The fourth-order valence-corrected chi connectivity index (χ4v) is 6.54. The van der Waals surface area contributed by atoms with Crippen LogP contribution in [0.4, 0.5) is 0 Å². The van der Waals surface area contributed by atoms with Crippen molar-refractivity contribution < 1.29 is 0 Å². The minimum Gasteiger partial charge on any atom is -0.356 e. The Hall–Kier alpha value is -0.660. The number of hydrogen-bond acceptors (Lipinski definition) is 2. The van der Waals surface area contributed by atoms with Gasteiger partial charge < -0.3 is 9.80 Å². The van der Waals surface area contributed by atoms with E-state index in [0.29, 0.717) is 6.17 Å². The quantitative estimate of drug-likeness (QED) is 0.0755. The van der Waals surface area contributed by atoms with E-state index in [9.17, 15) is 0 Å². The summed E-state index contributed by atoms with van der Waals surface area (Å²) in [7, 11) is 0. The molecule has 0 radical (unpaired) electrons. The SMILES string of the molecule is CCCCCCCCCCCCCCN1C=CN(CCCCCCCCC)C1CCCCCCCCCCCC. The number of nitrogens with zero attached hydrogens (tertiary/aromatic N) is 2. The molecule has 0 saturated heterocycles. The van der Waals surface area contributed by atoms with Crippen molar-refractivity contribution >= 4 is 0 Å².